The van der Waals surface area contributed by atoms with Gasteiger partial charge in [0.1, 0.15) is 0 Å². The summed E-state index contributed by atoms with van der Waals surface area (Å²) in [5, 5.41) is 0. The van der Waals surface area contributed by atoms with Crippen molar-refractivity contribution < 1.29 is 4.74 Å². The van der Waals surface area contributed by atoms with Gasteiger partial charge >= 0.3 is 0 Å². The summed E-state index contributed by atoms with van der Waals surface area (Å²) in [4.78, 5) is 10.2. The topological polar surface area (TPSA) is 37.7 Å². The molecule has 0 radical (unpaired) electrons. The highest BCUT2D eigenvalue weighted by Crippen LogP contribution is 2.10. The maximum absolute atomic E-state index is 5.01. The van der Waals surface area contributed by atoms with E-state index in [0.29, 0.717) is 5.88 Å². The molecule has 0 fully saturated rings. The predicted molar refractivity (Wildman–Crippen MR) is 63.1 cm³/mol. The summed E-state index contributed by atoms with van der Waals surface area (Å²) in [6.45, 7) is 0.771. The lowest BCUT2D eigenvalue weighted by Gasteiger charge is -2.14. The normalized spacial score (nSPS) is 13.9. The first kappa shape index (κ1) is 10.4. The van der Waals surface area contributed by atoms with Crippen LogP contribution in [0, 0.1) is 0 Å². The third-order valence-corrected chi connectivity index (χ3v) is 2.17. The van der Waals surface area contributed by atoms with Gasteiger partial charge in [-0.15, -0.1) is 0 Å². The monoisotopic (exact) mass is 215 g/mol. The quantitative estimate of drug-likeness (QED) is 0.773. The van der Waals surface area contributed by atoms with Crippen molar-refractivity contribution in [2.45, 2.75) is 6.54 Å². The molecule has 1 aliphatic rings. The number of nitrogens with zero attached hydrogens (tertiary/aromatic N) is 3. The predicted octanol–water partition coefficient (Wildman–Crippen LogP) is 1.96. The lowest BCUT2D eigenvalue weighted by Crippen LogP contribution is -2.08. The molecule has 16 heavy (non-hydrogen) atoms. The molecular formula is C12H13N3O. The van der Waals surface area contributed by atoms with Gasteiger partial charge in [0.05, 0.1) is 7.11 Å². The summed E-state index contributed by atoms with van der Waals surface area (Å²) in [5.41, 5.74) is 1.12. The Morgan fingerprint density at radius 2 is 2.25 bits per heavy atom. The van der Waals surface area contributed by atoms with E-state index in [1.807, 2.05) is 41.7 Å². The molecule has 1 aromatic heterocycles. The Morgan fingerprint density at radius 1 is 1.31 bits per heavy atom. The SMILES string of the molecule is COc1ccc(CN2C=CC=NC=C2)cn1. The van der Waals surface area contributed by atoms with Gasteiger partial charge in [-0.1, -0.05) is 6.07 Å². The van der Waals surface area contributed by atoms with Gasteiger partial charge in [0, 0.05) is 43.6 Å². The van der Waals surface area contributed by atoms with Crippen molar-refractivity contribution in [1.82, 2.24) is 9.88 Å². The molecule has 0 saturated heterocycles. The minimum atomic E-state index is 0.633. The Hall–Kier alpha value is -2.10. The molecule has 4 nitrogen and oxygen atoms in total. The van der Waals surface area contributed by atoms with E-state index < -0.39 is 0 Å². The summed E-state index contributed by atoms with van der Waals surface area (Å²) in [6, 6.07) is 3.86. The lowest BCUT2D eigenvalue weighted by atomic mass is 10.2. The van der Waals surface area contributed by atoms with E-state index >= 15 is 0 Å². The first-order valence-corrected chi connectivity index (χ1v) is 5.00. The van der Waals surface area contributed by atoms with Crippen molar-refractivity contribution in [3.63, 3.8) is 0 Å². The Bertz CT molecular complexity index is 404. The zero-order chi connectivity index (χ0) is 11.2. The van der Waals surface area contributed by atoms with Crippen LogP contribution < -0.4 is 4.74 Å². The van der Waals surface area contributed by atoms with Gasteiger partial charge in [-0.25, -0.2) is 4.98 Å². The standard InChI is InChI=1S/C12H13N3O/c1-16-12-4-3-11(9-14-12)10-15-7-2-5-13-6-8-15/h2-9H,10H2,1H3. The van der Waals surface area contributed by atoms with E-state index in [2.05, 4.69) is 9.98 Å². The molecule has 0 aliphatic carbocycles. The molecule has 0 aromatic carbocycles. The summed E-state index contributed by atoms with van der Waals surface area (Å²) >= 11 is 0. The molecule has 0 N–H and O–H groups in total. The fraction of sp³-hybridized carbons (Fsp3) is 0.167. The highest BCUT2D eigenvalue weighted by atomic mass is 16.5. The Kier molecular flexibility index (Phi) is 3.33. The van der Waals surface area contributed by atoms with E-state index in [0.717, 1.165) is 12.1 Å². The molecule has 4 heteroatoms. The van der Waals surface area contributed by atoms with Crippen molar-refractivity contribution in [3.8, 4) is 5.88 Å². The van der Waals surface area contributed by atoms with Gasteiger partial charge in [0.25, 0.3) is 0 Å². The molecule has 0 saturated carbocycles. The van der Waals surface area contributed by atoms with Crippen LogP contribution in [-0.2, 0) is 6.54 Å². The van der Waals surface area contributed by atoms with Crippen LogP contribution >= 0.6 is 0 Å². The second-order valence-electron chi connectivity index (χ2n) is 3.32. The van der Waals surface area contributed by atoms with Gasteiger partial charge < -0.3 is 9.64 Å². The van der Waals surface area contributed by atoms with E-state index in [4.69, 9.17) is 4.74 Å². The Labute approximate surface area is 94.6 Å². The van der Waals surface area contributed by atoms with E-state index in [-0.39, 0.29) is 0 Å². The minimum absolute atomic E-state index is 0.633. The molecule has 0 unspecified atom stereocenters. The minimum Gasteiger partial charge on any atom is -0.481 e. The van der Waals surface area contributed by atoms with Crippen molar-refractivity contribution in [3.05, 3.63) is 48.6 Å². The van der Waals surface area contributed by atoms with E-state index in [1.54, 1.807) is 19.5 Å². The Balaban J connectivity index is 2.03. The van der Waals surface area contributed by atoms with Gasteiger partial charge in [-0.3, -0.25) is 4.99 Å². The molecule has 2 rings (SSSR count). The first-order chi connectivity index (χ1) is 7.88. The molecule has 1 aromatic rings. The zero-order valence-corrected chi connectivity index (χ0v) is 9.08. The van der Waals surface area contributed by atoms with Crippen LogP contribution in [0.2, 0.25) is 0 Å². The number of aliphatic imine (C=N–C) groups is 1. The third-order valence-electron chi connectivity index (χ3n) is 2.17. The second kappa shape index (κ2) is 5.11. The molecule has 0 bridgehead atoms. The number of hydrogen-bond donors (Lipinski definition) is 0. The van der Waals surface area contributed by atoms with Gasteiger partial charge in [-0.05, 0) is 11.6 Å². The van der Waals surface area contributed by atoms with Crippen molar-refractivity contribution in [2.24, 2.45) is 4.99 Å². The first-order valence-electron chi connectivity index (χ1n) is 5.00. The van der Waals surface area contributed by atoms with Crippen LogP contribution in [-0.4, -0.2) is 23.2 Å². The smallest absolute Gasteiger partial charge is 0.212 e. The number of methoxy groups -OCH3 is 1. The number of hydrogen-bond acceptors (Lipinski definition) is 4. The van der Waals surface area contributed by atoms with Crippen LogP contribution in [0.4, 0.5) is 0 Å². The Morgan fingerprint density at radius 3 is 3.00 bits per heavy atom. The zero-order valence-electron chi connectivity index (χ0n) is 9.08. The molecular weight excluding hydrogens is 202 g/mol. The van der Waals surface area contributed by atoms with Crippen LogP contribution in [0.25, 0.3) is 0 Å². The number of ether oxygens (including phenoxy) is 1. The van der Waals surface area contributed by atoms with Crippen LogP contribution in [0.3, 0.4) is 0 Å². The summed E-state index contributed by atoms with van der Waals surface area (Å²) in [6.07, 6.45) is 11.1. The van der Waals surface area contributed by atoms with E-state index in [9.17, 15) is 0 Å². The van der Waals surface area contributed by atoms with Crippen molar-refractivity contribution in [1.29, 1.82) is 0 Å². The van der Waals surface area contributed by atoms with Gasteiger partial charge in [-0.2, -0.15) is 0 Å². The van der Waals surface area contributed by atoms with Crippen LogP contribution in [0.15, 0.2) is 48.0 Å². The molecule has 82 valence electrons. The average molecular weight is 215 g/mol. The van der Waals surface area contributed by atoms with Crippen molar-refractivity contribution in [2.75, 3.05) is 7.11 Å². The van der Waals surface area contributed by atoms with Crippen molar-refractivity contribution >= 4 is 6.21 Å². The summed E-state index contributed by atoms with van der Waals surface area (Å²) < 4.78 is 5.01. The third kappa shape index (κ3) is 2.70. The fourth-order valence-corrected chi connectivity index (χ4v) is 1.36. The largest absolute Gasteiger partial charge is 0.481 e. The van der Waals surface area contributed by atoms with E-state index in [1.165, 1.54) is 0 Å². The summed E-state index contributed by atoms with van der Waals surface area (Å²) in [5.74, 6) is 0.633. The molecule has 1 aliphatic heterocycles. The number of rotatable bonds is 3. The maximum atomic E-state index is 5.01. The molecule has 0 spiro atoms. The van der Waals surface area contributed by atoms with Crippen LogP contribution in [0.5, 0.6) is 5.88 Å². The summed E-state index contributed by atoms with van der Waals surface area (Å²) in [7, 11) is 1.61. The molecule has 0 amide bonds. The molecule has 2 heterocycles. The second-order valence-corrected chi connectivity index (χ2v) is 3.32. The van der Waals surface area contributed by atoms with Crippen LogP contribution in [0.1, 0.15) is 5.56 Å². The van der Waals surface area contributed by atoms with Gasteiger partial charge in [0.15, 0.2) is 0 Å². The number of pyridine rings is 1. The fourth-order valence-electron chi connectivity index (χ4n) is 1.36. The average Bonchev–Trinajstić information content (AvgIpc) is 2.59. The highest BCUT2D eigenvalue weighted by Gasteiger charge is 2.00. The number of allylic oxidation sites excluding steroid dienone is 1. The number of aromatic nitrogens is 1. The van der Waals surface area contributed by atoms with Gasteiger partial charge in [0.2, 0.25) is 5.88 Å². The lowest BCUT2D eigenvalue weighted by molar-refractivity contribution is 0.397. The maximum Gasteiger partial charge on any atom is 0.212 e. The molecule has 0 atom stereocenters. The highest BCUT2D eigenvalue weighted by molar-refractivity contribution is 5.71.